The van der Waals surface area contributed by atoms with Crippen LogP contribution in [0.25, 0.3) is 0 Å². The molecule has 26 heavy (non-hydrogen) atoms. The van der Waals surface area contributed by atoms with Gasteiger partial charge in [-0.1, -0.05) is 31.2 Å². The molecule has 0 heterocycles. The van der Waals surface area contributed by atoms with Gasteiger partial charge in [0.15, 0.2) is 0 Å². The number of hydrogen-bond acceptors (Lipinski definition) is 5. The van der Waals surface area contributed by atoms with Crippen LogP contribution in [0.3, 0.4) is 0 Å². The zero-order valence-corrected chi connectivity index (χ0v) is 15.8. The second-order valence-corrected chi connectivity index (χ2v) is 7.76. The SMILES string of the molecule is CCN(C(C)c1cccc(OC)c1)S(=O)(=O)Cc1ccc([N+](=O)[O-])cc1. The number of methoxy groups -OCH3 is 1. The van der Waals surface area contributed by atoms with Crippen molar-refractivity contribution in [2.75, 3.05) is 13.7 Å². The highest BCUT2D eigenvalue weighted by molar-refractivity contribution is 7.88. The Bertz CT molecular complexity index is 865. The normalized spacial score (nSPS) is 12.8. The topological polar surface area (TPSA) is 89.8 Å². The van der Waals surface area contributed by atoms with E-state index in [-0.39, 0.29) is 17.5 Å². The van der Waals surface area contributed by atoms with Crippen molar-refractivity contribution in [3.05, 3.63) is 69.8 Å². The molecule has 140 valence electrons. The summed E-state index contributed by atoms with van der Waals surface area (Å²) in [4.78, 5) is 10.2. The third kappa shape index (κ3) is 4.59. The number of hydrogen-bond donors (Lipinski definition) is 0. The molecule has 7 nitrogen and oxygen atoms in total. The maximum atomic E-state index is 12.9. The van der Waals surface area contributed by atoms with E-state index in [0.717, 1.165) is 5.56 Å². The Hall–Kier alpha value is -2.45. The van der Waals surface area contributed by atoms with Gasteiger partial charge in [0.25, 0.3) is 5.69 Å². The smallest absolute Gasteiger partial charge is 0.269 e. The van der Waals surface area contributed by atoms with Crippen molar-refractivity contribution in [1.29, 1.82) is 0 Å². The summed E-state index contributed by atoms with van der Waals surface area (Å²) in [6.07, 6.45) is 0. The van der Waals surface area contributed by atoms with Crippen LogP contribution in [0.15, 0.2) is 48.5 Å². The maximum Gasteiger partial charge on any atom is 0.269 e. The van der Waals surface area contributed by atoms with Gasteiger partial charge < -0.3 is 4.74 Å². The van der Waals surface area contributed by atoms with Crippen molar-refractivity contribution in [2.24, 2.45) is 0 Å². The second kappa shape index (κ2) is 8.29. The van der Waals surface area contributed by atoms with E-state index in [1.807, 2.05) is 25.1 Å². The van der Waals surface area contributed by atoms with E-state index in [9.17, 15) is 18.5 Å². The Balaban J connectivity index is 2.24. The van der Waals surface area contributed by atoms with E-state index in [2.05, 4.69) is 0 Å². The van der Waals surface area contributed by atoms with Gasteiger partial charge in [-0.15, -0.1) is 0 Å². The summed E-state index contributed by atoms with van der Waals surface area (Å²) in [5.41, 5.74) is 1.27. The first-order valence-corrected chi connectivity index (χ1v) is 9.76. The Morgan fingerprint density at radius 2 is 1.85 bits per heavy atom. The Kier molecular flexibility index (Phi) is 6.33. The van der Waals surface area contributed by atoms with Crippen LogP contribution in [-0.2, 0) is 15.8 Å². The molecule has 1 unspecified atom stereocenters. The van der Waals surface area contributed by atoms with Gasteiger partial charge in [0, 0.05) is 24.7 Å². The number of nitro benzene ring substituents is 1. The molecule has 2 aromatic rings. The van der Waals surface area contributed by atoms with Gasteiger partial charge >= 0.3 is 0 Å². The molecular formula is C18H22N2O5S. The lowest BCUT2D eigenvalue weighted by Gasteiger charge is -2.27. The third-order valence-corrected chi connectivity index (χ3v) is 6.16. The zero-order valence-electron chi connectivity index (χ0n) is 15.0. The minimum absolute atomic E-state index is 0.0664. The van der Waals surface area contributed by atoms with Gasteiger partial charge in [-0.3, -0.25) is 10.1 Å². The summed E-state index contributed by atoms with van der Waals surface area (Å²) in [7, 11) is -2.04. The van der Waals surface area contributed by atoms with Gasteiger partial charge in [0.05, 0.1) is 17.8 Å². The lowest BCUT2D eigenvalue weighted by Crippen LogP contribution is -2.34. The van der Waals surface area contributed by atoms with Crippen LogP contribution in [0.5, 0.6) is 5.75 Å². The Labute approximate surface area is 153 Å². The van der Waals surface area contributed by atoms with Crippen LogP contribution in [0, 0.1) is 10.1 Å². The van der Waals surface area contributed by atoms with Gasteiger partial charge in [-0.2, -0.15) is 4.31 Å². The van der Waals surface area contributed by atoms with Crippen LogP contribution in [0.2, 0.25) is 0 Å². The molecule has 0 saturated heterocycles. The summed E-state index contributed by atoms with van der Waals surface area (Å²) in [5, 5.41) is 10.7. The van der Waals surface area contributed by atoms with E-state index < -0.39 is 14.9 Å². The van der Waals surface area contributed by atoms with E-state index >= 15 is 0 Å². The minimum atomic E-state index is -3.60. The first-order chi connectivity index (χ1) is 12.3. The van der Waals surface area contributed by atoms with E-state index in [1.54, 1.807) is 20.1 Å². The minimum Gasteiger partial charge on any atom is -0.497 e. The predicted molar refractivity (Wildman–Crippen MR) is 99.5 cm³/mol. The first kappa shape index (κ1) is 19.9. The van der Waals surface area contributed by atoms with Crippen LogP contribution in [-0.4, -0.2) is 31.3 Å². The molecule has 0 fully saturated rings. The first-order valence-electron chi connectivity index (χ1n) is 8.15. The molecule has 8 heteroatoms. The molecule has 0 radical (unpaired) electrons. The van der Waals surface area contributed by atoms with Gasteiger partial charge in [-0.25, -0.2) is 8.42 Å². The molecule has 2 rings (SSSR count). The molecule has 0 saturated carbocycles. The average molecular weight is 378 g/mol. The number of benzene rings is 2. The van der Waals surface area contributed by atoms with Crippen molar-refractivity contribution in [1.82, 2.24) is 4.31 Å². The third-order valence-electron chi connectivity index (χ3n) is 4.17. The number of sulfonamides is 1. The van der Waals surface area contributed by atoms with Gasteiger partial charge in [0.2, 0.25) is 10.0 Å². The molecule has 0 aromatic heterocycles. The number of nitrogens with zero attached hydrogens (tertiary/aromatic N) is 2. The van der Waals surface area contributed by atoms with Crippen molar-refractivity contribution in [3.63, 3.8) is 0 Å². The summed E-state index contributed by atoms with van der Waals surface area (Å²) >= 11 is 0. The zero-order chi connectivity index (χ0) is 19.3. The van der Waals surface area contributed by atoms with Crippen molar-refractivity contribution < 1.29 is 18.1 Å². The monoisotopic (exact) mass is 378 g/mol. The fourth-order valence-corrected chi connectivity index (χ4v) is 4.56. The van der Waals surface area contributed by atoms with Crippen molar-refractivity contribution in [3.8, 4) is 5.75 Å². The van der Waals surface area contributed by atoms with Gasteiger partial charge in [-0.05, 0) is 30.2 Å². The molecule has 1 atom stereocenters. The lowest BCUT2D eigenvalue weighted by molar-refractivity contribution is -0.384. The molecule has 0 aliphatic heterocycles. The van der Waals surface area contributed by atoms with Crippen LogP contribution < -0.4 is 4.74 Å². The van der Waals surface area contributed by atoms with Crippen LogP contribution >= 0.6 is 0 Å². The molecule has 0 N–H and O–H groups in total. The second-order valence-electron chi connectivity index (χ2n) is 5.84. The summed E-state index contributed by atoms with van der Waals surface area (Å²) < 4.78 is 32.4. The summed E-state index contributed by atoms with van der Waals surface area (Å²) in [5.74, 6) is 0.450. The highest BCUT2D eigenvalue weighted by Crippen LogP contribution is 2.27. The fourth-order valence-electron chi connectivity index (χ4n) is 2.79. The molecule has 0 aliphatic carbocycles. The molecule has 0 spiro atoms. The van der Waals surface area contributed by atoms with E-state index in [1.165, 1.54) is 28.6 Å². The predicted octanol–water partition coefficient (Wildman–Crippen LogP) is 3.52. The average Bonchev–Trinajstić information content (AvgIpc) is 2.62. The van der Waals surface area contributed by atoms with Crippen molar-refractivity contribution in [2.45, 2.75) is 25.6 Å². The molecule has 2 aromatic carbocycles. The molecular weight excluding hydrogens is 356 g/mol. The van der Waals surface area contributed by atoms with E-state index in [4.69, 9.17) is 4.74 Å². The fraction of sp³-hybridized carbons (Fsp3) is 0.333. The number of rotatable bonds is 8. The number of nitro groups is 1. The lowest BCUT2D eigenvalue weighted by atomic mass is 10.1. The number of non-ortho nitro benzene ring substituents is 1. The summed E-state index contributed by atoms with van der Waals surface area (Å²) in [6, 6.07) is 12.5. The standard InChI is InChI=1S/C18H22N2O5S/c1-4-19(14(2)16-6-5-7-18(12-16)25-3)26(23,24)13-15-8-10-17(11-9-15)20(21)22/h5-12,14H,4,13H2,1-3H3. The number of ether oxygens (including phenoxy) is 1. The Morgan fingerprint density at radius 1 is 1.19 bits per heavy atom. The molecule has 0 amide bonds. The highest BCUT2D eigenvalue weighted by Gasteiger charge is 2.27. The van der Waals surface area contributed by atoms with Crippen LogP contribution in [0.1, 0.15) is 31.0 Å². The summed E-state index contributed by atoms with van der Waals surface area (Å²) in [6.45, 7) is 3.92. The quantitative estimate of drug-likeness (QED) is 0.518. The van der Waals surface area contributed by atoms with Crippen molar-refractivity contribution >= 4 is 15.7 Å². The molecule has 0 bridgehead atoms. The Morgan fingerprint density at radius 3 is 2.38 bits per heavy atom. The molecule has 0 aliphatic rings. The maximum absolute atomic E-state index is 12.9. The highest BCUT2D eigenvalue weighted by atomic mass is 32.2. The van der Waals surface area contributed by atoms with Crippen LogP contribution in [0.4, 0.5) is 5.69 Å². The largest absolute Gasteiger partial charge is 0.497 e. The van der Waals surface area contributed by atoms with Gasteiger partial charge in [0.1, 0.15) is 5.75 Å². The van der Waals surface area contributed by atoms with E-state index in [0.29, 0.717) is 17.9 Å².